The van der Waals surface area contributed by atoms with E-state index in [-0.39, 0.29) is 22.6 Å². The number of rotatable bonds is 6. The van der Waals surface area contributed by atoms with Crippen molar-refractivity contribution in [2.24, 2.45) is 7.05 Å². The van der Waals surface area contributed by atoms with Crippen LogP contribution >= 0.6 is 11.6 Å². The summed E-state index contributed by atoms with van der Waals surface area (Å²) in [5.74, 6) is -0.964. The molecule has 0 unspecified atom stereocenters. The minimum Gasteiger partial charge on any atom is -0.480 e. The number of carboxylic acids is 1. The molecule has 24 heavy (non-hydrogen) atoms. The molecule has 1 aromatic carbocycles. The largest absolute Gasteiger partial charge is 0.480 e. The van der Waals surface area contributed by atoms with E-state index in [4.69, 9.17) is 21.4 Å². The molecule has 2 aromatic rings. The van der Waals surface area contributed by atoms with Crippen LogP contribution in [0.2, 0.25) is 5.02 Å². The number of anilines is 1. The Morgan fingerprint density at radius 2 is 2.08 bits per heavy atom. The molecule has 0 aliphatic rings. The Bertz CT molecular complexity index is 771. The molecular formula is C16H18ClN3O4. The van der Waals surface area contributed by atoms with E-state index in [2.05, 4.69) is 10.4 Å². The SMILES string of the molecule is CC(C)c1cc(C(=O)Nc2ccc(OCC(=O)O)c(Cl)c2)nn1C. The maximum Gasteiger partial charge on any atom is 0.341 e. The highest BCUT2D eigenvalue weighted by molar-refractivity contribution is 6.32. The number of nitrogens with zero attached hydrogens (tertiary/aromatic N) is 2. The van der Waals surface area contributed by atoms with Crippen LogP contribution in [0.15, 0.2) is 24.3 Å². The molecule has 2 N–H and O–H groups in total. The van der Waals surface area contributed by atoms with Crippen LogP contribution in [0.1, 0.15) is 35.9 Å². The molecule has 0 saturated carbocycles. The molecule has 0 spiro atoms. The number of carbonyl (C=O) groups is 2. The standard InChI is InChI=1S/C16H18ClN3O4/c1-9(2)13-7-12(19-20(13)3)16(23)18-10-4-5-14(11(17)6-10)24-8-15(21)22/h4-7,9H,8H2,1-3H3,(H,18,23)(H,21,22). The number of carboxylic acid groups (broad SMARTS) is 1. The van der Waals surface area contributed by atoms with Crippen LogP contribution in [0.25, 0.3) is 0 Å². The highest BCUT2D eigenvalue weighted by atomic mass is 35.5. The number of aryl methyl sites for hydroxylation is 1. The van der Waals surface area contributed by atoms with Gasteiger partial charge < -0.3 is 15.2 Å². The first kappa shape index (κ1) is 17.8. The summed E-state index contributed by atoms with van der Waals surface area (Å²) in [7, 11) is 1.79. The van der Waals surface area contributed by atoms with Gasteiger partial charge in [-0.3, -0.25) is 9.48 Å². The van der Waals surface area contributed by atoms with Crippen molar-refractivity contribution in [3.05, 3.63) is 40.7 Å². The zero-order valence-electron chi connectivity index (χ0n) is 13.5. The number of halogens is 1. The van der Waals surface area contributed by atoms with Crippen molar-refractivity contribution in [3.63, 3.8) is 0 Å². The topological polar surface area (TPSA) is 93.4 Å². The maximum atomic E-state index is 12.3. The van der Waals surface area contributed by atoms with Crippen molar-refractivity contribution in [2.75, 3.05) is 11.9 Å². The molecule has 1 heterocycles. The van der Waals surface area contributed by atoms with E-state index in [9.17, 15) is 9.59 Å². The smallest absolute Gasteiger partial charge is 0.341 e. The van der Waals surface area contributed by atoms with E-state index in [1.54, 1.807) is 23.9 Å². The molecule has 0 bridgehead atoms. The Hall–Kier alpha value is -2.54. The van der Waals surface area contributed by atoms with Crippen LogP contribution < -0.4 is 10.1 Å². The second-order valence-electron chi connectivity index (χ2n) is 5.51. The fraction of sp³-hybridized carbons (Fsp3) is 0.312. The Morgan fingerprint density at radius 1 is 1.38 bits per heavy atom. The van der Waals surface area contributed by atoms with Gasteiger partial charge in [0.15, 0.2) is 12.3 Å². The summed E-state index contributed by atoms with van der Waals surface area (Å²) < 4.78 is 6.70. The third-order valence-electron chi connectivity index (χ3n) is 3.28. The van der Waals surface area contributed by atoms with Gasteiger partial charge in [0, 0.05) is 18.4 Å². The van der Waals surface area contributed by atoms with E-state index >= 15 is 0 Å². The molecule has 0 aliphatic carbocycles. The van der Waals surface area contributed by atoms with Crippen molar-refractivity contribution in [1.29, 1.82) is 0 Å². The number of amides is 1. The van der Waals surface area contributed by atoms with Gasteiger partial charge in [0.05, 0.1) is 5.02 Å². The van der Waals surface area contributed by atoms with Gasteiger partial charge in [0.1, 0.15) is 5.75 Å². The third kappa shape index (κ3) is 4.26. The van der Waals surface area contributed by atoms with Gasteiger partial charge in [0.25, 0.3) is 5.91 Å². The molecule has 0 saturated heterocycles. The van der Waals surface area contributed by atoms with Gasteiger partial charge in [-0.2, -0.15) is 5.10 Å². The van der Waals surface area contributed by atoms with Gasteiger partial charge in [-0.1, -0.05) is 25.4 Å². The van der Waals surface area contributed by atoms with Crippen molar-refractivity contribution in [3.8, 4) is 5.75 Å². The fourth-order valence-electron chi connectivity index (χ4n) is 2.16. The summed E-state index contributed by atoms with van der Waals surface area (Å²) >= 11 is 6.02. The first-order valence-corrected chi connectivity index (χ1v) is 7.65. The van der Waals surface area contributed by atoms with Crippen LogP contribution in [0, 0.1) is 0 Å². The van der Waals surface area contributed by atoms with Crippen LogP contribution in [0.3, 0.4) is 0 Å². The summed E-state index contributed by atoms with van der Waals surface area (Å²) in [4.78, 5) is 22.8. The molecule has 1 amide bonds. The normalized spacial score (nSPS) is 10.7. The minimum atomic E-state index is -1.10. The molecule has 0 atom stereocenters. The molecule has 7 nitrogen and oxygen atoms in total. The lowest BCUT2D eigenvalue weighted by Gasteiger charge is -2.08. The number of nitrogens with one attached hydrogen (secondary N) is 1. The number of hydrogen-bond donors (Lipinski definition) is 2. The number of hydrogen-bond acceptors (Lipinski definition) is 4. The number of aliphatic carboxylic acids is 1. The number of aromatic nitrogens is 2. The molecule has 0 radical (unpaired) electrons. The number of benzene rings is 1. The van der Waals surface area contributed by atoms with E-state index in [0.29, 0.717) is 11.4 Å². The zero-order chi connectivity index (χ0) is 17.9. The average molecular weight is 352 g/mol. The summed E-state index contributed by atoms with van der Waals surface area (Å²) in [5.41, 5.74) is 1.73. The van der Waals surface area contributed by atoms with Gasteiger partial charge in [0.2, 0.25) is 0 Å². The highest BCUT2D eigenvalue weighted by Crippen LogP contribution is 2.28. The first-order chi connectivity index (χ1) is 11.3. The lowest BCUT2D eigenvalue weighted by molar-refractivity contribution is -0.139. The van der Waals surface area contributed by atoms with Crippen LogP contribution in [0.5, 0.6) is 5.75 Å². The summed E-state index contributed by atoms with van der Waals surface area (Å²) in [6, 6.07) is 6.31. The van der Waals surface area contributed by atoms with E-state index in [1.807, 2.05) is 13.8 Å². The van der Waals surface area contributed by atoms with Gasteiger partial charge >= 0.3 is 5.97 Å². The summed E-state index contributed by atoms with van der Waals surface area (Å²) in [5, 5.41) is 15.7. The lowest BCUT2D eigenvalue weighted by Crippen LogP contribution is -2.13. The average Bonchev–Trinajstić information content (AvgIpc) is 2.88. The predicted molar refractivity (Wildman–Crippen MR) is 89.8 cm³/mol. The predicted octanol–water partition coefficient (Wildman–Crippen LogP) is 2.91. The zero-order valence-corrected chi connectivity index (χ0v) is 14.3. The van der Waals surface area contributed by atoms with E-state index < -0.39 is 12.6 Å². The molecule has 1 aromatic heterocycles. The Labute approximate surface area is 144 Å². The number of ether oxygens (including phenoxy) is 1. The minimum absolute atomic E-state index is 0.206. The molecule has 2 rings (SSSR count). The molecule has 0 fully saturated rings. The van der Waals surface area contributed by atoms with Crippen molar-refractivity contribution in [2.45, 2.75) is 19.8 Å². The molecule has 8 heteroatoms. The first-order valence-electron chi connectivity index (χ1n) is 7.27. The summed E-state index contributed by atoms with van der Waals surface area (Å²) in [6.07, 6.45) is 0. The Balaban J connectivity index is 2.10. The van der Waals surface area contributed by atoms with Gasteiger partial charge in [-0.15, -0.1) is 0 Å². The van der Waals surface area contributed by atoms with Gasteiger partial charge in [-0.05, 0) is 30.2 Å². The quantitative estimate of drug-likeness (QED) is 0.834. The van der Waals surface area contributed by atoms with Crippen molar-refractivity contribution in [1.82, 2.24) is 9.78 Å². The number of carbonyl (C=O) groups excluding carboxylic acids is 1. The van der Waals surface area contributed by atoms with Crippen molar-refractivity contribution >= 4 is 29.2 Å². The Kier molecular flexibility index (Phi) is 5.46. The summed E-state index contributed by atoms with van der Waals surface area (Å²) in [6.45, 7) is 3.56. The monoisotopic (exact) mass is 351 g/mol. The van der Waals surface area contributed by atoms with E-state index in [0.717, 1.165) is 5.69 Å². The van der Waals surface area contributed by atoms with Crippen LogP contribution in [0.4, 0.5) is 5.69 Å². The van der Waals surface area contributed by atoms with Crippen LogP contribution in [-0.2, 0) is 11.8 Å². The molecule has 0 aliphatic heterocycles. The molecular weight excluding hydrogens is 334 g/mol. The van der Waals surface area contributed by atoms with Crippen LogP contribution in [-0.4, -0.2) is 33.4 Å². The maximum absolute atomic E-state index is 12.3. The third-order valence-corrected chi connectivity index (χ3v) is 3.58. The Morgan fingerprint density at radius 3 is 2.62 bits per heavy atom. The van der Waals surface area contributed by atoms with Gasteiger partial charge in [-0.25, -0.2) is 4.79 Å². The fourth-order valence-corrected chi connectivity index (χ4v) is 2.40. The van der Waals surface area contributed by atoms with E-state index in [1.165, 1.54) is 12.1 Å². The highest BCUT2D eigenvalue weighted by Gasteiger charge is 2.15. The molecule has 128 valence electrons. The second-order valence-corrected chi connectivity index (χ2v) is 5.92. The second kappa shape index (κ2) is 7.35. The lowest BCUT2D eigenvalue weighted by atomic mass is 10.1. The van der Waals surface area contributed by atoms with Crippen molar-refractivity contribution < 1.29 is 19.4 Å².